The van der Waals surface area contributed by atoms with Gasteiger partial charge in [0.1, 0.15) is 11.5 Å². The lowest BCUT2D eigenvalue weighted by atomic mass is 9.67. The number of fused-ring (bicyclic) bond motifs is 3. The molecule has 1 aromatic heterocycles. The lowest BCUT2D eigenvalue weighted by Gasteiger charge is -2.39. The summed E-state index contributed by atoms with van der Waals surface area (Å²) >= 11 is 0. The highest BCUT2D eigenvalue weighted by atomic mass is 19.4. The smallest absolute Gasteiger partial charge is 0.508 e. The van der Waals surface area contributed by atoms with Crippen LogP contribution in [0, 0.1) is 0 Å². The van der Waals surface area contributed by atoms with Crippen LogP contribution < -0.4 is 16.1 Å². The van der Waals surface area contributed by atoms with Crippen molar-refractivity contribution in [3.05, 3.63) is 110 Å². The summed E-state index contributed by atoms with van der Waals surface area (Å²) in [6, 6.07) is 10.2. The highest BCUT2D eigenvalue weighted by Crippen LogP contribution is 2.52. The molecule has 9 nitrogen and oxygen atoms in total. The van der Waals surface area contributed by atoms with Gasteiger partial charge < -0.3 is 9.84 Å². The van der Waals surface area contributed by atoms with Crippen molar-refractivity contribution in [1.29, 1.82) is 0 Å². The highest BCUT2D eigenvalue weighted by molar-refractivity contribution is 6.23. The van der Waals surface area contributed by atoms with Gasteiger partial charge in [-0.1, -0.05) is 24.3 Å². The number of phenolic OH excluding ortho intramolecular Hbond substituents is 1. The minimum atomic E-state index is -5.02. The summed E-state index contributed by atoms with van der Waals surface area (Å²) in [5, 5.41) is 10.8. The van der Waals surface area contributed by atoms with E-state index in [0.717, 1.165) is 22.8 Å². The number of phenols is 1. The Morgan fingerprint density at radius 1 is 1.00 bits per heavy atom. The van der Waals surface area contributed by atoms with Crippen LogP contribution in [0.5, 0.6) is 11.5 Å². The fourth-order valence-corrected chi connectivity index (χ4v) is 5.75. The topological polar surface area (TPSA) is 113 Å². The zero-order chi connectivity index (χ0) is 28.5. The standard InChI is InChI=1S/C28H20F3N3O6/c1-14-11-22(36)19-13-20-17(9-10-32-26(38)33(27(39)34(20)32)15-5-3-2-4-6-15)23(24(19)25(14)37)18-12-16(7-8-21(18)35)40-28(29,30)31/h2-9,11-12,20,23,35H,10,13H2,1H3/t20-,23-/m1/s1. The number of allylic oxidation sites excluding steroid dienone is 6. The molecule has 6 rings (SSSR count). The first-order valence-corrected chi connectivity index (χ1v) is 12.2. The summed E-state index contributed by atoms with van der Waals surface area (Å²) in [7, 11) is 0. The second kappa shape index (κ2) is 8.83. The fraction of sp³-hybridized carbons (Fsp3) is 0.214. The molecule has 2 aromatic carbocycles. The second-order valence-corrected chi connectivity index (χ2v) is 9.70. The number of Topliss-reactive ketones (excluding diaryl/α,β-unsaturated/α-hetero) is 1. The van der Waals surface area contributed by atoms with Crippen molar-refractivity contribution in [2.75, 3.05) is 0 Å². The molecule has 3 aromatic rings. The number of para-hydroxylation sites is 1. The maximum absolute atomic E-state index is 13.7. The molecule has 12 heteroatoms. The van der Waals surface area contributed by atoms with E-state index in [0.29, 0.717) is 11.3 Å². The van der Waals surface area contributed by atoms with Crippen molar-refractivity contribution >= 4 is 11.6 Å². The van der Waals surface area contributed by atoms with Crippen LogP contribution in [0.15, 0.2) is 92.6 Å². The first-order chi connectivity index (χ1) is 19.0. The number of hydrogen-bond acceptors (Lipinski definition) is 6. The number of hydrogen-bond donors (Lipinski definition) is 1. The Labute approximate surface area is 223 Å². The van der Waals surface area contributed by atoms with E-state index in [4.69, 9.17) is 0 Å². The monoisotopic (exact) mass is 551 g/mol. The molecule has 3 aliphatic rings. The molecule has 0 unspecified atom stereocenters. The lowest BCUT2D eigenvalue weighted by Crippen LogP contribution is -2.40. The first kappa shape index (κ1) is 25.4. The Morgan fingerprint density at radius 3 is 2.42 bits per heavy atom. The molecular weight excluding hydrogens is 531 g/mol. The number of ketones is 2. The number of nitrogens with zero attached hydrogens (tertiary/aromatic N) is 3. The van der Waals surface area contributed by atoms with E-state index >= 15 is 0 Å². The predicted octanol–water partition coefficient (Wildman–Crippen LogP) is 3.47. The van der Waals surface area contributed by atoms with Crippen molar-refractivity contribution in [2.45, 2.75) is 38.2 Å². The molecular formula is C28H20F3N3O6. The van der Waals surface area contributed by atoms with Gasteiger partial charge in [0.15, 0.2) is 11.6 Å². The van der Waals surface area contributed by atoms with Gasteiger partial charge in [0.05, 0.1) is 18.3 Å². The van der Waals surface area contributed by atoms with Crippen LogP contribution in [0.3, 0.4) is 0 Å². The van der Waals surface area contributed by atoms with Gasteiger partial charge in [0.25, 0.3) is 0 Å². The molecule has 0 amide bonds. The third-order valence-corrected chi connectivity index (χ3v) is 7.39. The number of alkyl halides is 3. The molecule has 0 radical (unpaired) electrons. The van der Waals surface area contributed by atoms with Crippen LogP contribution in [0.4, 0.5) is 13.2 Å². The van der Waals surface area contributed by atoms with E-state index in [1.807, 2.05) is 0 Å². The van der Waals surface area contributed by atoms with Gasteiger partial charge in [-0.3, -0.25) is 9.59 Å². The number of ether oxygens (including phenoxy) is 1. The summed E-state index contributed by atoms with van der Waals surface area (Å²) in [5.41, 5.74) is -0.480. The third kappa shape index (κ3) is 3.86. The van der Waals surface area contributed by atoms with E-state index < -0.39 is 52.8 Å². The van der Waals surface area contributed by atoms with Crippen LogP contribution in [0.25, 0.3) is 5.69 Å². The van der Waals surface area contributed by atoms with Gasteiger partial charge in [-0.05, 0) is 48.9 Å². The summed E-state index contributed by atoms with van der Waals surface area (Å²) in [5.74, 6) is -3.24. The summed E-state index contributed by atoms with van der Waals surface area (Å²) in [6.45, 7) is 1.36. The normalized spacial score (nSPS) is 20.4. The van der Waals surface area contributed by atoms with Gasteiger partial charge in [-0.25, -0.2) is 23.5 Å². The molecule has 1 aliphatic heterocycles. The van der Waals surface area contributed by atoms with E-state index in [2.05, 4.69) is 4.74 Å². The van der Waals surface area contributed by atoms with Crippen LogP contribution in [-0.2, 0) is 16.1 Å². The van der Waals surface area contributed by atoms with Crippen molar-refractivity contribution < 1.29 is 32.6 Å². The highest BCUT2D eigenvalue weighted by Gasteiger charge is 2.46. The van der Waals surface area contributed by atoms with Gasteiger partial charge >= 0.3 is 17.7 Å². The number of aromatic nitrogens is 3. The van der Waals surface area contributed by atoms with Gasteiger partial charge in [0.2, 0.25) is 0 Å². The van der Waals surface area contributed by atoms with Crippen molar-refractivity contribution in [3.63, 3.8) is 0 Å². The molecule has 0 spiro atoms. The summed E-state index contributed by atoms with van der Waals surface area (Å²) in [6.07, 6.45) is -2.34. The van der Waals surface area contributed by atoms with Crippen LogP contribution in [-0.4, -0.2) is 37.0 Å². The Bertz CT molecular complexity index is 1820. The molecule has 0 saturated carbocycles. The van der Waals surface area contributed by atoms with Crippen molar-refractivity contribution in [2.24, 2.45) is 0 Å². The minimum Gasteiger partial charge on any atom is -0.508 e. The van der Waals surface area contributed by atoms with E-state index in [-0.39, 0.29) is 35.2 Å². The molecule has 2 atom stereocenters. The molecule has 204 valence electrons. The van der Waals surface area contributed by atoms with E-state index in [9.17, 15) is 37.5 Å². The second-order valence-electron chi connectivity index (χ2n) is 9.70. The Hall–Kier alpha value is -4.87. The number of halogens is 3. The number of carbonyl (C=O) groups is 2. The number of carbonyl (C=O) groups excluding carboxylic acids is 2. The molecule has 0 fully saturated rings. The maximum Gasteiger partial charge on any atom is 0.573 e. The number of aromatic hydroxyl groups is 1. The zero-order valence-electron chi connectivity index (χ0n) is 20.8. The number of benzene rings is 2. The Kier molecular flexibility index (Phi) is 5.61. The maximum atomic E-state index is 13.7. The Morgan fingerprint density at radius 2 is 1.73 bits per heavy atom. The largest absolute Gasteiger partial charge is 0.573 e. The third-order valence-electron chi connectivity index (χ3n) is 7.39. The molecule has 2 aliphatic carbocycles. The Balaban J connectivity index is 1.58. The molecule has 0 saturated heterocycles. The lowest BCUT2D eigenvalue weighted by molar-refractivity contribution is -0.274. The van der Waals surface area contributed by atoms with E-state index in [1.54, 1.807) is 36.4 Å². The minimum absolute atomic E-state index is 0.0123. The average molecular weight is 551 g/mol. The van der Waals surface area contributed by atoms with Crippen LogP contribution >= 0.6 is 0 Å². The van der Waals surface area contributed by atoms with Crippen LogP contribution in [0.1, 0.15) is 30.9 Å². The average Bonchev–Trinajstić information content (AvgIpc) is 3.16. The van der Waals surface area contributed by atoms with Crippen molar-refractivity contribution in [1.82, 2.24) is 13.9 Å². The summed E-state index contributed by atoms with van der Waals surface area (Å²) in [4.78, 5) is 53.6. The zero-order valence-corrected chi connectivity index (χ0v) is 20.8. The quantitative estimate of drug-likeness (QED) is 0.394. The SMILES string of the molecule is CC1=CC(=O)C2=C(C1=O)[C@@H](c1cc(OC(F)(F)F)ccc1O)C1=CCn3c(=O)n(-c4ccccc4)c(=O)n3[C@@H]1C2. The van der Waals surface area contributed by atoms with Gasteiger partial charge in [-0.2, -0.15) is 0 Å². The van der Waals surface area contributed by atoms with Gasteiger partial charge in [-0.15, -0.1) is 13.2 Å². The van der Waals surface area contributed by atoms with Crippen molar-refractivity contribution in [3.8, 4) is 17.2 Å². The summed E-state index contributed by atoms with van der Waals surface area (Å²) < 4.78 is 46.5. The fourth-order valence-electron chi connectivity index (χ4n) is 5.75. The predicted molar refractivity (Wildman–Crippen MR) is 134 cm³/mol. The molecule has 40 heavy (non-hydrogen) atoms. The number of rotatable bonds is 3. The molecule has 2 heterocycles. The van der Waals surface area contributed by atoms with Gasteiger partial charge in [0, 0.05) is 34.6 Å². The first-order valence-electron chi connectivity index (χ1n) is 12.2. The van der Waals surface area contributed by atoms with Crippen LogP contribution in [0.2, 0.25) is 0 Å². The molecule has 1 N–H and O–H groups in total. The van der Waals surface area contributed by atoms with E-state index in [1.165, 1.54) is 22.4 Å². The molecule has 0 bridgehead atoms.